The van der Waals surface area contributed by atoms with Gasteiger partial charge in [0, 0.05) is 31.3 Å². The van der Waals surface area contributed by atoms with Gasteiger partial charge in [0.05, 0.1) is 16.9 Å². The zero-order chi connectivity index (χ0) is 24.6. The number of hydrogen-bond donors (Lipinski definition) is 0. The van der Waals surface area contributed by atoms with Crippen LogP contribution in [0.4, 0.5) is 11.4 Å². The number of likely N-dealkylation sites (N-methyl/N-ethyl adjacent to an activating group) is 1. The van der Waals surface area contributed by atoms with E-state index in [-0.39, 0.29) is 35.4 Å². The molecule has 6 rings (SSSR count). The number of para-hydroxylation sites is 1. The monoisotopic (exact) mass is 473 g/mol. The van der Waals surface area contributed by atoms with E-state index in [1.54, 1.807) is 7.05 Å². The highest BCUT2D eigenvalue weighted by Gasteiger charge is 2.72. The average molecular weight is 473 g/mol. The predicted octanol–water partition coefficient (Wildman–Crippen LogP) is 3.36. The van der Waals surface area contributed by atoms with Crippen molar-refractivity contribution in [2.75, 3.05) is 18.5 Å². The van der Waals surface area contributed by atoms with Crippen LogP contribution in [0.25, 0.3) is 0 Å². The summed E-state index contributed by atoms with van der Waals surface area (Å²) < 4.78 is 5.67. The topological polar surface area (TPSA) is 113 Å². The maximum Gasteiger partial charge on any atom is 0.334 e. The Morgan fingerprint density at radius 1 is 1.11 bits per heavy atom. The zero-order valence-corrected chi connectivity index (χ0v) is 19.5. The number of anilines is 1. The third kappa shape index (κ3) is 2.60. The minimum absolute atomic E-state index is 0.00118. The van der Waals surface area contributed by atoms with Gasteiger partial charge in [-0.25, -0.2) is 5.01 Å². The Hall–Kier alpha value is -4.05. The number of amides is 2. The van der Waals surface area contributed by atoms with Crippen LogP contribution in [0.2, 0.25) is 0 Å². The SMILES string of the molecule is Cc1ccc(C2C(c3onc(C)c3[N+](=O)[O-])C3(C(=O)N(C)c4ccccc43)N3C(=O)CCN23)cc1. The van der Waals surface area contributed by atoms with Crippen molar-refractivity contribution < 1.29 is 19.0 Å². The fourth-order valence-corrected chi connectivity index (χ4v) is 6.10. The summed E-state index contributed by atoms with van der Waals surface area (Å²) in [6.45, 7) is 3.87. The maximum atomic E-state index is 14.3. The molecule has 0 radical (unpaired) electrons. The molecule has 3 unspecified atom stereocenters. The lowest BCUT2D eigenvalue weighted by Crippen LogP contribution is -2.54. The summed E-state index contributed by atoms with van der Waals surface area (Å²) in [6.07, 6.45) is 0.244. The molecule has 4 heterocycles. The van der Waals surface area contributed by atoms with E-state index in [0.29, 0.717) is 17.8 Å². The van der Waals surface area contributed by atoms with E-state index >= 15 is 0 Å². The standard InChI is InChI=1S/C25H23N5O5/c1-14-8-10-16(11-9-14)22-20(23-21(30(33)34)15(2)26-35-23)25(29-19(31)12-13-28(22)29)17-6-4-5-7-18(17)27(3)24(25)32/h4-11,20,22H,12-13H2,1-3H3. The van der Waals surface area contributed by atoms with Gasteiger partial charge in [-0.2, -0.15) is 0 Å². The molecule has 178 valence electrons. The maximum absolute atomic E-state index is 14.3. The number of benzene rings is 2. The number of aromatic nitrogens is 1. The van der Waals surface area contributed by atoms with Crippen molar-refractivity contribution >= 4 is 23.2 Å². The number of carbonyl (C=O) groups excluding carboxylic acids is 2. The van der Waals surface area contributed by atoms with E-state index in [0.717, 1.165) is 11.1 Å². The van der Waals surface area contributed by atoms with Crippen LogP contribution in [0.1, 0.15) is 46.5 Å². The molecule has 10 nitrogen and oxygen atoms in total. The Kier molecular flexibility index (Phi) is 4.43. The number of nitro groups is 1. The molecule has 0 N–H and O–H groups in total. The molecule has 35 heavy (non-hydrogen) atoms. The molecular formula is C25H23N5O5. The van der Waals surface area contributed by atoms with E-state index in [1.165, 1.54) is 16.8 Å². The Balaban J connectivity index is 1.72. The van der Waals surface area contributed by atoms with E-state index in [9.17, 15) is 19.7 Å². The Bertz CT molecular complexity index is 1400. The van der Waals surface area contributed by atoms with Gasteiger partial charge in [-0.3, -0.25) is 24.7 Å². The van der Waals surface area contributed by atoms with Crippen LogP contribution < -0.4 is 4.90 Å². The Morgan fingerprint density at radius 2 is 1.83 bits per heavy atom. The number of hydrogen-bond acceptors (Lipinski definition) is 7. The number of rotatable bonds is 3. The van der Waals surface area contributed by atoms with E-state index < -0.39 is 22.4 Å². The van der Waals surface area contributed by atoms with Gasteiger partial charge >= 0.3 is 5.69 Å². The molecule has 2 saturated heterocycles. The summed E-state index contributed by atoms with van der Waals surface area (Å²) in [6, 6.07) is 14.5. The van der Waals surface area contributed by atoms with Gasteiger partial charge in [-0.1, -0.05) is 53.2 Å². The van der Waals surface area contributed by atoms with Crippen molar-refractivity contribution in [3.8, 4) is 0 Å². The smallest absolute Gasteiger partial charge is 0.334 e. The van der Waals surface area contributed by atoms with Gasteiger partial charge in [-0.15, -0.1) is 0 Å². The van der Waals surface area contributed by atoms with Crippen LogP contribution in [-0.2, 0) is 15.1 Å². The molecule has 2 aromatic carbocycles. The van der Waals surface area contributed by atoms with Crippen molar-refractivity contribution in [1.82, 2.24) is 15.2 Å². The van der Waals surface area contributed by atoms with Crippen LogP contribution >= 0.6 is 0 Å². The first-order valence-corrected chi connectivity index (χ1v) is 11.4. The molecule has 1 aromatic heterocycles. The lowest BCUT2D eigenvalue weighted by Gasteiger charge is -2.35. The van der Waals surface area contributed by atoms with Crippen LogP contribution in [0.3, 0.4) is 0 Å². The van der Waals surface area contributed by atoms with Crippen molar-refractivity contribution in [2.45, 2.75) is 37.8 Å². The van der Waals surface area contributed by atoms with Crippen LogP contribution in [0.15, 0.2) is 53.1 Å². The van der Waals surface area contributed by atoms with Gasteiger partial charge in [0.25, 0.3) is 5.91 Å². The molecule has 3 aromatic rings. The first-order valence-electron chi connectivity index (χ1n) is 11.4. The summed E-state index contributed by atoms with van der Waals surface area (Å²) in [5.74, 6) is -1.43. The third-order valence-corrected chi connectivity index (χ3v) is 7.52. The number of fused-ring (bicyclic) bond motifs is 4. The summed E-state index contributed by atoms with van der Waals surface area (Å²) in [5.41, 5.74) is 1.49. The molecule has 0 aliphatic carbocycles. The van der Waals surface area contributed by atoms with Gasteiger partial charge in [0.2, 0.25) is 11.7 Å². The summed E-state index contributed by atoms with van der Waals surface area (Å²) in [4.78, 5) is 40.9. The van der Waals surface area contributed by atoms with Crippen LogP contribution in [-0.4, -0.2) is 45.5 Å². The highest BCUT2D eigenvalue weighted by Crippen LogP contribution is 2.64. The second-order valence-electron chi connectivity index (χ2n) is 9.34. The molecule has 3 aliphatic rings. The third-order valence-electron chi connectivity index (χ3n) is 7.52. The number of aryl methyl sites for hydroxylation is 2. The highest BCUT2D eigenvalue weighted by molar-refractivity contribution is 6.10. The minimum Gasteiger partial charge on any atom is -0.353 e. The van der Waals surface area contributed by atoms with Crippen molar-refractivity contribution in [1.29, 1.82) is 0 Å². The molecule has 2 fully saturated rings. The zero-order valence-electron chi connectivity index (χ0n) is 19.5. The summed E-state index contributed by atoms with van der Waals surface area (Å²) in [7, 11) is 1.66. The van der Waals surface area contributed by atoms with Crippen molar-refractivity contribution in [3.63, 3.8) is 0 Å². The Labute approximate surface area is 200 Å². The fraction of sp³-hybridized carbons (Fsp3) is 0.320. The highest BCUT2D eigenvalue weighted by atomic mass is 16.6. The summed E-state index contributed by atoms with van der Waals surface area (Å²) >= 11 is 0. The van der Waals surface area contributed by atoms with Gasteiger partial charge in [0.1, 0.15) is 0 Å². The van der Waals surface area contributed by atoms with Crippen molar-refractivity contribution in [2.24, 2.45) is 0 Å². The molecule has 3 atom stereocenters. The predicted molar refractivity (Wildman–Crippen MR) is 124 cm³/mol. The molecule has 0 saturated carbocycles. The number of hydrazine groups is 1. The second-order valence-corrected chi connectivity index (χ2v) is 9.34. The first kappa shape index (κ1) is 21.5. The largest absolute Gasteiger partial charge is 0.353 e. The Morgan fingerprint density at radius 3 is 2.54 bits per heavy atom. The molecule has 2 amide bonds. The normalized spacial score (nSPS) is 25.6. The van der Waals surface area contributed by atoms with E-state index in [2.05, 4.69) is 5.16 Å². The van der Waals surface area contributed by atoms with Crippen LogP contribution in [0.5, 0.6) is 0 Å². The van der Waals surface area contributed by atoms with Crippen LogP contribution in [0, 0.1) is 24.0 Å². The van der Waals surface area contributed by atoms with E-state index in [1.807, 2.05) is 60.5 Å². The lowest BCUT2D eigenvalue weighted by atomic mass is 9.72. The fourth-order valence-electron chi connectivity index (χ4n) is 6.10. The molecule has 10 heteroatoms. The molecule has 0 bridgehead atoms. The number of nitrogens with zero attached hydrogens (tertiary/aromatic N) is 5. The quantitative estimate of drug-likeness (QED) is 0.423. The number of carbonyl (C=O) groups is 2. The molecular weight excluding hydrogens is 450 g/mol. The van der Waals surface area contributed by atoms with Gasteiger partial charge in [-0.05, 0) is 25.5 Å². The minimum atomic E-state index is -1.54. The average Bonchev–Trinajstić information content (AvgIpc) is 3.54. The summed E-state index contributed by atoms with van der Waals surface area (Å²) in [5, 5.41) is 19.5. The molecule has 3 aliphatic heterocycles. The molecule has 1 spiro atoms. The first-order chi connectivity index (χ1) is 16.8. The van der Waals surface area contributed by atoms with E-state index in [4.69, 9.17) is 4.52 Å². The van der Waals surface area contributed by atoms with Gasteiger partial charge < -0.3 is 9.42 Å². The lowest BCUT2D eigenvalue weighted by molar-refractivity contribution is -0.386. The van der Waals surface area contributed by atoms with Gasteiger partial charge in [0.15, 0.2) is 11.2 Å². The van der Waals surface area contributed by atoms with Crippen molar-refractivity contribution in [3.05, 3.63) is 86.8 Å². The second kappa shape index (κ2) is 7.22.